The van der Waals surface area contributed by atoms with Crippen molar-refractivity contribution in [3.63, 3.8) is 0 Å². The van der Waals surface area contributed by atoms with Crippen molar-refractivity contribution in [3.8, 4) is 0 Å². The number of ether oxygens (including phenoxy) is 2. The molecule has 2 rings (SSSR count). The van der Waals surface area contributed by atoms with Crippen LogP contribution in [0.15, 0.2) is 12.1 Å². The van der Waals surface area contributed by atoms with Crippen molar-refractivity contribution < 1.29 is 18.3 Å². The van der Waals surface area contributed by atoms with E-state index in [2.05, 4.69) is 0 Å². The van der Waals surface area contributed by atoms with Gasteiger partial charge < -0.3 is 20.1 Å². The Balaban J connectivity index is 2.26. The fraction of sp³-hybridized carbons (Fsp3) is 0.538. The van der Waals surface area contributed by atoms with Gasteiger partial charge in [0.15, 0.2) is 11.6 Å². The SMILES string of the molecule is COC1CN(c2ccc(CN)c(F)c2F)CC1OC. The van der Waals surface area contributed by atoms with Crippen molar-refractivity contribution in [3.05, 3.63) is 29.3 Å². The first kappa shape index (κ1) is 14.2. The predicted octanol–water partition coefficient (Wildman–Crippen LogP) is 1.27. The van der Waals surface area contributed by atoms with E-state index in [-0.39, 0.29) is 30.0 Å². The molecule has 4 nitrogen and oxygen atoms in total. The molecule has 1 fully saturated rings. The summed E-state index contributed by atoms with van der Waals surface area (Å²) in [7, 11) is 3.16. The third-order valence-corrected chi connectivity index (χ3v) is 3.52. The number of nitrogens with two attached hydrogens (primary N) is 1. The molecule has 1 aliphatic rings. The first-order chi connectivity index (χ1) is 9.12. The Bertz CT molecular complexity index is 445. The Labute approximate surface area is 111 Å². The molecule has 0 amide bonds. The van der Waals surface area contributed by atoms with Crippen LogP contribution in [0.25, 0.3) is 0 Å². The molecule has 0 saturated carbocycles. The summed E-state index contributed by atoms with van der Waals surface area (Å²) in [5.41, 5.74) is 5.74. The molecule has 1 saturated heterocycles. The summed E-state index contributed by atoms with van der Waals surface area (Å²) in [6, 6.07) is 3.06. The van der Waals surface area contributed by atoms with Gasteiger partial charge in [-0.3, -0.25) is 0 Å². The van der Waals surface area contributed by atoms with Gasteiger partial charge >= 0.3 is 0 Å². The maximum atomic E-state index is 14.0. The molecule has 0 aromatic heterocycles. The lowest BCUT2D eigenvalue weighted by Crippen LogP contribution is -2.27. The van der Waals surface area contributed by atoms with E-state index in [4.69, 9.17) is 15.2 Å². The minimum Gasteiger partial charge on any atom is -0.377 e. The number of anilines is 1. The molecule has 6 heteroatoms. The van der Waals surface area contributed by atoms with Crippen LogP contribution in [0.4, 0.5) is 14.5 Å². The number of hydrogen-bond acceptors (Lipinski definition) is 4. The van der Waals surface area contributed by atoms with Crippen LogP contribution in [0, 0.1) is 11.6 Å². The van der Waals surface area contributed by atoms with Gasteiger partial charge in [-0.1, -0.05) is 6.07 Å². The van der Waals surface area contributed by atoms with Crippen LogP contribution in [0.1, 0.15) is 5.56 Å². The van der Waals surface area contributed by atoms with Gasteiger partial charge in [0.05, 0.1) is 5.69 Å². The van der Waals surface area contributed by atoms with Crippen LogP contribution in [0.2, 0.25) is 0 Å². The molecule has 1 heterocycles. The first-order valence-electron chi connectivity index (χ1n) is 6.09. The van der Waals surface area contributed by atoms with Gasteiger partial charge in [0.1, 0.15) is 12.2 Å². The van der Waals surface area contributed by atoms with Gasteiger partial charge in [-0.25, -0.2) is 8.78 Å². The number of methoxy groups -OCH3 is 2. The lowest BCUT2D eigenvalue weighted by atomic mass is 10.1. The maximum Gasteiger partial charge on any atom is 0.182 e. The molecule has 106 valence electrons. The van der Waals surface area contributed by atoms with E-state index in [0.29, 0.717) is 13.1 Å². The molecule has 2 N–H and O–H groups in total. The zero-order chi connectivity index (χ0) is 14.0. The van der Waals surface area contributed by atoms with E-state index >= 15 is 0 Å². The quantitative estimate of drug-likeness (QED) is 0.897. The number of rotatable bonds is 4. The molecule has 2 atom stereocenters. The summed E-state index contributed by atoms with van der Waals surface area (Å²) in [5.74, 6) is -1.75. The number of nitrogens with zero attached hydrogens (tertiary/aromatic N) is 1. The Morgan fingerprint density at radius 3 is 2.21 bits per heavy atom. The average Bonchev–Trinajstić information content (AvgIpc) is 2.84. The predicted molar refractivity (Wildman–Crippen MR) is 68.1 cm³/mol. The number of hydrogen-bond donors (Lipinski definition) is 1. The van der Waals surface area contributed by atoms with Gasteiger partial charge in [-0.05, 0) is 6.07 Å². The Hall–Kier alpha value is -1.24. The second kappa shape index (κ2) is 5.81. The minimum atomic E-state index is -0.880. The van der Waals surface area contributed by atoms with Crippen LogP contribution < -0.4 is 10.6 Å². The van der Waals surface area contributed by atoms with E-state index in [1.165, 1.54) is 6.07 Å². The molecule has 1 aromatic rings. The summed E-state index contributed by atoms with van der Waals surface area (Å²) < 4.78 is 38.3. The molecule has 0 spiro atoms. The molecule has 0 radical (unpaired) electrons. The number of halogens is 2. The standard InChI is InChI=1S/C13H18F2N2O2/c1-18-10-6-17(7-11(10)19-2)9-4-3-8(5-16)12(14)13(9)15/h3-4,10-11H,5-7,16H2,1-2H3. The van der Waals surface area contributed by atoms with Gasteiger partial charge in [0.2, 0.25) is 0 Å². The van der Waals surface area contributed by atoms with E-state index in [0.717, 1.165) is 0 Å². The molecule has 1 aromatic carbocycles. The smallest absolute Gasteiger partial charge is 0.182 e. The van der Waals surface area contributed by atoms with Crippen molar-refractivity contribution in [2.24, 2.45) is 5.73 Å². The van der Waals surface area contributed by atoms with E-state index in [9.17, 15) is 8.78 Å². The second-order valence-electron chi connectivity index (χ2n) is 4.53. The molecule has 19 heavy (non-hydrogen) atoms. The summed E-state index contributed by atoms with van der Waals surface area (Å²) in [5, 5.41) is 0. The first-order valence-corrected chi connectivity index (χ1v) is 6.09. The molecule has 1 aliphatic heterocycles. The summed E-state index contributed by atoms with van der Waals surface area (Å²) in [6.45, 7) is 0.908. The minimum absolute atomic E-state index is 0.0234. The summed E-state index contributed by atoms with van der Waals surface area (Å²) in [6.07, 6.45) is -0.303. The molecule has 0 bridgehead atoms. The lowest BCUT2D eigenvalue weighted by Gasteiger charge is -2.19. The zero-order valence-corrected chi connectivity index (χ0v) is 11.0. The number of benzene rings is 1. The molecule has 2 unspecified atom stereocenters. The monoisotopic (exact) mass is 272 g/mol. The van der Waals surface area contributed by atoms with Crippen molar-refractivity contribution in [1.82, 2.24) is 0 Å². The Morgan fingerprint density at radius 1 is 1.16 bits per heavy atom. The normalized spacial score (nSPS) is 23.1. The fourth-order valence-corrected chi connectivity index (χ4v) is 2.37. The lowest BCUT2D eigenvalue weighted by molar-refractivity contribution is -0.00461. The van der Waals surface area contributed by atoms with E-state index in [1.54, 1.807) is 25.2 Å². The van der Waals surface area contributed by atoms with Crippen molar-refractivity contribution in [2.45, 2.75) is 18.8 Å². The van der Waals surface area contributed by atoms with Crippen LogP contribution >= 0.6 is 0 Å². The highest BCUT2D eigenvalue weighted by Gasteiger charge is 2.34. The van der Waals surface area contributed by atoms with Gasteiger partial charge in [-0.15, -0.1) is 0 Å². The Kier molecular flexibility index (Phi) is 4.34. The van der Waals surface area contributed by atoms with Gasteiger partial charge in [-0.2, -0.15) is 0 Å². The van der Waals surface area contributed by atoms with Gasteiger partial charge in [0.25, 0.3) is 0 Å². The average molecular weight is 272 g/mol. The highest BCUT2D eigenvalue weighted by atomic mass is 19.2. The third kappa shape index (κ3) is 2.56. The van der Waals surface area contributed by atoms with Gasteiger partial charge in [0, 0.05) is 39.4 Å². The van der Waals surface area contributed by atoms with Crippen molar-refractivity contribution >= 4 is 5.69 Å². The highest BCUT2D eigenvalue weighted by molar-refractivity contribution is 5.51. The largest absolute Gasteiger partial charge is 0.377 e. The topological polar surface area (TPSA) is 47.7 Å². The maximum absolute atomic E-state index is 14.0. The Morgan fingerprint density at radius 2 is 1.74 bits per heavy atom. The van der Waals surface area contributed by atoms with Crippen LogP contribution in [-0.2, 0) is 16.0 Å². The molecular weight excluding hydrogens is 254 g/mol. The fourth-order valence-electron chi connectivity index (χ4n) is 2.37. The summed E-state index contributed by atoms with van der Waals surface area (Å²) in [4.78, 5) is 1.72. The highest BCUT2D eigenvalue weighted by Crippen LogP contribution is 2.28. The molecular formula is C13H18F2N2O2. The zero-order valence-electron chi connectivity index (χ0n) is 11.0. The van der Waals surface area contributed by atoms with E-state index in [1.807, 2.05) is 0 Å². The molecule has 0 aliphatic carbocycles. The second-order valence-corrected chi connectivity index (χ2v) is 4.53. The van der Waals surface area contributed by atoms with Crippen molar-refractivity contribution in [2.75, 3.05) is 32.2 Å². The van der Waals surface area contributed by atoms with Crippen molar-refractivity contribution in [1.29, 1.82) is 0 Å². The van der Waals surface area contributed by atoms with Crippen LogP contribution in [0.3, 0.4) is 0 Å². The van der Waals surface area contributed by atoms with E-state index < -0.39 is 11.6 Å². The summed E-state index contributed by atoms with van der Waals surface area (Å²) >= 11 is 0. The van der Waals surface area contributed by atoms with Crippen LogP contribution in [0.5, 0.6) is 0 Å². The van der Waals surface area contributed by atoms with Crippen LogP contribution in [-0.4, -0.2) is 39.5 Å². The third-order valence-electron chi connectivity index (χ3n) is 3.52.